The molecule has 5 atom stereocenters. The summed E-state index contributed by atoms with van der Waals surface area (Å²) in [6.07, 6.45) is 8.32. The Kier molecular flexibility index (Phi) is 15.0. The molecule has 6 N–H and O–H groups in total. The van der Waals surface area contributed by atoms with Crippen molar-refractivity contribution in [1.29, 1.82) is 0 Å². The van der Waals surface area contributed by atoms with Crippen LogP contribution in [0.2, 0.25) is 0 Å². The quantitative estimate of drug-likeness (QED) is 0.144. The second-order valence-corrected chi connectivity index (χ2v) is 20.4. The first-order valence-corrected chi connectivity index (χ1v) is 22.3. The Balaban J connectivity index is 1.28. The molecular formula is C44H73N9O7. The van der Waals surface area contributed by atoms with Gasteiger partial charge < -0.3 is 46.1 Å². The van der Waals surface area contributed by atoms with Gasteiger partial charge in [-0.05, 0) is 66.2 Å². The predicted octanol–water partition coefficient (Wildman–Crippen LogP) is 3.69. The molecule has 4 fully saturated rings. The molecule has 336 valence electrons. The monoisotopic (exact) mass is 840 g/mol. The number of nitrogens with two attached hydrogens (primary N) is 1. The van der Waals surface area contributed by atoms with Gasteiger partial charge in [-0.25, -0.2) is 4.79 Å². The highest BCUT2D eigenvalue weighted by Crippen LogP contribution is 2.54. The van der Waals surface area contributed by atoms with Gasteiger partial charge in [0.15, 0.2) is 0 Å². The lowest BCUT2D eigenvalue weighted by molar-refractivity contribution is -0.143. The average Bonchev–Trinajstić information content (AvgIpc) is 3.76. The van der Waals surface area contributed by atoms with Crippen LogP contribution in [0.15, 0.2) is 10.7 Å². The van der Waals surface area contributed by atoms with E-state index < -0.39 is 58.6 Å². The fourth-order valence-corrected chi connectivity index (χ4v) is 9.29. The van der Waals surface area contributed by atoms with Crippen molar-refractivity contribution in [2.24, 2.45) is 39.7 Å². The number of Topliss-reactive ketones (excluding diaryl/α,β-unsaturated/α-hetero) is 1. The van der Waals surface area contributed by atoms with Crippen molar-refractivity contribution >= 4 is 41.5 Å². The molecule has 3 heterocycles. The zero-order valence-corrected chi connectivity index (χ0v) is 37.7. The number of anilines is 1. The van der Waals surface area contributed by atoms with E-state index in [1.165, 1.54) is 6.26 Å². The van der Waals surface area contributed by atoms with Gasteiger partial charge in [0.2, 0.25) is 23.5 Å². The summed E-state index contributed by atoms with van der Waals surface area (Å²) in [5.41, 5.74) is 4.43. The smallest absolute Gasteiger partial charge is 0.315 e. The van der Waals surface area contributed by atoms with Gasteiger partial charge in [-0.1, -0.05) is 88.0 Å². The second kappa shape index (κ2) is 19.2. The maximum absolute atomic E-state index is 14.9. The number of carbonyl (C=O) groups excluding carboxylic acids is 6. The Labute approximate surface area is 356 Å². The molecule has 2 aliphatic carbocycles. The van der Waals surface area contributed by atoms with Crippen molar-refractivity contribution in [3.63, 3.8) is 0 Å². The molecule has 1 unspecified atom stereocenters. The van der Waals surface area contributed by atoms with Crippen LogP contribution < -0.4 is 27.0 Å². The molecular weight excluding hydrogens is 767 g/mol. The van der Waals surface area contributed by atoms with E-state index in [4.69, 9.17) is 10.2 Å². The number of hydrogen-bond acceptors (Lipinski definition) is 10. The fourth-order valence-electron chi connectivity index (χ4n) is 9.29. The van der Waals surface area contributed by atoms with Gasteiger partial charge in [0.05, 0.1) is 24.2 Å². The molecule has 0 radical (unpaired) electrons. The van der Waals surface area contributed by atoms with Crippen LogP contribution >= 0.6 is 0 Å². The van der Waals surface area contributed by atoms with Crippen LogP contribution in [0.5, 0.6) is 0 Å². The number of aromatic nitrogens is 1. The maximum atomic E-state index is 14.9. The molecule has 1 aromatic heterocycles. The van der Waals surface area contributed by atoms with E-state index in [1.807, 2.05) is 46.4 Å². The van der Waals surface area contributed by atoms with Crippen molar-refractivity contribution in [3.8, 4) is 0 Å². The highest BCUT2D eigenvalue weighted by Gasteiger charge is 2.56. The topological polar surface area (TPSA) is 212 Å². The maximum Gasteiger partial charge on any atom is 0.315 e. The number of ketones is 1. The average molecular weight is 840 g/mol. The number of nitrogens with one attached hydrogen (secondary N) is 4. The lowest BCUT2D eigenvalue weighted by Gasteiger charge is -2.46. The molecule has 2 saturated carbocycles. The molecule has 4 aliphatic rings. The SMILES string of the molecule is CCN1CCN(C(=O)Cc2coc(NC[C@@H](NC(=O)N[C@H](C(=O)N3C[C@](C(C)C)(C4CCC4)C[C@H]3C(=O)NC(CC3CCC3)C(=O)C(N)=O)C(C)(C)C)C(C)(C)C)n2)CC1. The van der Waals surface area contributed by atoms with Crippen molar-refractivity contribution in [2.45, 2.75) is 144 Å². The minimum Gasteiger partial charge on any atom is -0.432 e. The third kappa shape index (κ3) is 11.2. The summed E-state index contributed by atoms with van der Waals surface area (Å²) in [5.74, 6) is -2.08. The molecule has 16 nitrogen and oxygen atoms in total. The van der Waals surface area contributed by atoms with Gasteiger partial charge >= 0.3 is 6.03 Å². The third-order valence-corrected chi connectivity index (χ3v) is 14.0. The minimum atomic E-state index is -1.09. The summed E-state index contributed by atoms with van der Waals surface area (Å²) in [6, 6.07) is -3.74. The molecule has 2 aliphatic heterocycles. The van der Waals surface area contributed by atoms with Gasteiger partial charge in [-0.3, -0.25) is 24.0 Å². The Morgan fingerprint density at radius 3 is 2.08 bits per heavy atom. The van der Waals surface area contributed by atoms with Gasteiger partial charge in [-0.2, -0.15) is 4.98 Å². The number of hydrogen-bond donors (Lipinski definition) is 5. The number of likely N-dealkylation sites (tertiary alicyclic amines) is 1. The zero-order valence-electron chi connectivity index (χ0n) is 37.7. The van der Waals surface area contributed by atoms with Crippen LogP contribution in [-0.4, -0.2) is 125 Å². The van der Waals surface area contributed by atoms with E-state index in [9.17, 15) is 28.8 Å². The molecule has 0 aromatic carbocycles. The number of carbonyl (C=O) groups is 6. The molecule has 60 heavy (non-hydrogen) atoms. The largest absolute Gasteiger partial charge is 0.432 e. The number of nitrogens with zero attached hydrogens (tertiary/aromatic N) is 4. The minimum absolute atomic E-state index is 0.00426. The Bertz CT molecular complexity index is 1700. The lowest BCUT2D eigenvalue weighted by atomic mass is 9.59. The molecule has 0 spiro atoms. The normalized spacial score (nSPS) is 23.3. The van der Waals surface area contributed by atoms with Crippen LogP contribution in [-0.2, 0) is 30.4 Å². The molecule has 1 aromatic rings. The Hall–Kier alpha value is -4.21. The van der Waals surface area contributed by atoms with Crippen LogP contribution in [0.3, 0.4) is 0 Å². The number of amides is 6. The van der Waals surface area contributed by atoms with Gasteiger partial charge in [0.1, 0.15) is 18.3 Å². The third-order valence-electron chi connectivity index (χ3n) is 14.0. The molecule has 16 heteroatoms. The summed E-state index contributed by atoms with van der Waals surface area (Å²) >= 11 is 0. The van der Waals surface area contributed by atoms with Crippen molar-refractivity contribution in [2.75, 3.05) is 51.1 Å². The molecule has 2 saturated heterocycles. The van der Waals surface area contributed by atoms with E-state index in [2.05, 4.69) is 51.9 Å². The van der Waals surface area contributed by atoms with Crippen LogP contribution in [0, 0.1) is 34.0 Å². The molecule has 5 rings (SSSR count). The van der Waals surface area contributed by atoms with E-state index in [0.717, 1.165) is 58.2 Å². The van der Waals surface area contributed by atoms with E-state index in [-0.39, 0.29) is 48.0 Å². The highest BCUT2D eigenvalue weighted by molar-refractivity contribution is 6.37. The van der Waals surface area contributed by atoms with Crippen LogP contribution in [0.1, 0.15) is 119 Å². The van der Waals surface area contributed by atoms with Gasteiger partial charge in [-0.15, -0.1) is 0 Å². The summed E-state index contributed by atoms with van der Waals surface area (Å²) < 4.78 is 5.67. The van der Waals surface area contributed by atoms with Crippen molar-refractivity contribution < 1.29 is 33.2 Å². The van der Waals surface area contributed by atoms with E-state index >= 15 is 0 Å². The summed E-state index contributed by atoms with van der Waals surface area (Å²) in [4.78, 5) is 91.6. The highest BCUT2D eigenvalue weighted by atomic mass is 16.4. The number of rotatable bonds is 17. The number of primary amides is 1. The summed E-state index contributed by atoms with van der Waals surface area (Å²) in [7, 11) is 0. The fraction of sp³-hybridized carbons (Fsp3) is 0.795. The number of oxazole rings is 1. The molecule has 6 amide bonds. The Morgan fingerprint density at radius 1 is 0.917 bits per heavy atom. The Morgan fingerprint density at radius 2 is 1.57 bits per heavy atom. The van der Waals surface area contributed by atoms with Crippen molar-refractivity contribution in [1.82, 2.24) is 35.6 Å². The number of piperazine rings is 1. The standard InChI is InChI=1S/C44H73N9O7/c1-10-51-17-19-52(20-18-51)34(54)22-30-25-60-41(47-30)46-24-33(42(4,5)6)49-40(59)50-36(43(7,8)9)39(58)53-26-44(27(2)3,29-15-12-16-29)23-32(53)38(57)48-31(35(55)37(45)56)21-28-13-11-14-28/h25,27-29,31-33,36H,10-24,26H2,1-9H3,(H2,45,56)(H,46,47)(H,48,57)(H2,49,50,59)/t31?,32-,33+,36+,44+/m0/s1. The summed E-state index contributed by atoms with van der Waals surface area (Å²) in [6.45, 7) is 22.6. The first-order chi connectivity index (χ1) is 28.1. The first-order valence-electron chi connectivity index (χ1n) is 22.3. The predicted molar refractivity (Wildman–Crippen MR) is 228 cm³/mol. The number of urea groups is 1. The van der Waals surface area contributed by atoms with Gasteiger partial charge in [0.25, 0.3) is 11.9 Å². The first kappa shape index (κ1) is 46.8. The van der Waals surface area contributed by atoms with Gasteiger partial charge in [0, 0.05) is 39.3 Å². The molecule has 0 bridgehead atoms. The van der Waals surface area contributed by atoms with E-state index in [1.54, 1.807) is 4.90 Å². The van der Waals surface area contributed by atoms with E-state index in [0.29, 0.717) is 44.1 Å². The second-order valence-electron chi connectivity index (χ2n) is 20.4. The van der Waals surface area contributed by atoms with Crippen LogP contribution in [0.4, 0.5) is 10.8 Å². The summed E-state index contributed by atoms with van der Waals surface area (Å²) in [5, 5.41) is 12.1. The van der Waals surface area contributed by atoms with Crippen LogP contribution in [0.25, 0.3) is 0 Å². The van der Waals surface area contributed by atoms with Crippen molar-refractivity contribution in [3.05, 3.63) is 12.0 Å². The lowest BCUT2D eigenvalue weighted by Crippen LogP contribution is -2.61. The zero-order chi connectivity index (χ0) is 44.2. The number of likely N-dealkylation sites (N-methyl/N-ethyl adjacent to an activating group) is 1.